The lowest BCUT2D eigenvalue weighted by Crippen LogP contribution is -1.96. The fourth-order valence-corrected chi connectivity index (χ4v) is 6.69. The fraction of sp³-hybridized carbons (Fsp3) is 0. The smallest absolute Gasteiger partial charge is 0.160 e. The van der Waals surface area contributed by atoms with Gasteiger partial charge in [-0.15, -0.1) is 0 Å². The summed E-state index contributed by atoms with van der Waals surface area (Å²) < 4.78 is 0. The Kier molecular flexibility index (Phi) is 6.80. The van der Waals surface area contributed by atoms with E-state index in [1.165, 1.54) is 21.5 Å². The van der Waals surface area contributed by atoms with Crippen molar-refractivity contribution in [2.24, 2.45) is 0 Å². The molecule has 9 rings (SSSR count). The molecule has 0 atom stereocenters. The highest BCUT2D eigenvalue weighted by Crippen LogP contribution is 2.38. The Bertz CT molecular complexity index is 2580. The number of hydrogen-bond donors (Lipinski definition) is 0. The van der Waals surface area contributed by atoms with E-state index in [4.69, 9.17) is 15.0 Å². The number of nitrogens with zero attached hydrogens (tertiary/aromatic N) is 3. The molecule has 3 heteroatoms. The maximum Gasteiger partial charge on any atom is 0.160 e. The molecule has 7 aromatic carbocycles. The van der Waals surface area contributed by atoms with E-state index in [0.717, 1.165) is 61.4 Å². The second-order valence-corrected chi connectivity index (χ2v) is 12.0. The van der Waals surface area contributed by atoms with Crippen molar-refractivity contribution in [3.8, 4) is 56.3 Å². The molecule has 0 fully saturated rings. The van der Waals surface area contributed by atoms with Gasteiger partial charge in [0.25, 0.3) is 0 Å². The van der Waals surface area contributed by atoms with Crippen LogP contribution < -0.4 is 0 Å². The van der Waals surface area contributed by atoms with E-state index >= 15 is 0 Å². The first kappa shape index (κ1) is 27.8. The second kappa shape index (κ2) is 11.7. The lowest BCUT2D eigenvalue weighted by Gasteiger charge is -2.13. The Morgan fingerprint density at radius 2 is 0.896 bits per heavy atom. The first-order chi connectivity index (χ1) is 23.8. The van der Waals surface area contributed by atoms with E-state index in [1.807, 2.05) is 24.3 Å². The van der Waals surface area contributed by atoms with Crippen molar-refractivity contribution in [1.29, 1.82) is 0 Å². The second-order valence-electron chi connectivity index (χ2n) is 12.0. The van der Waals surface area contributed by atoms with Crippen LogP contribution >= 0.6 is 0 Å². The molecule has 0 radical (unpaired) electrons. The minimum Gasteiger partial charge on any atom is -0.247 e. The number of aromatic nitrogens is 3. The average molecular weight is 612 g/mol. The molecule has 0 bridgehead atoms. The normalized spacial score (nSPS) is 11.3. The SMILES string of the molecule is c1ccc(-c2cccc(-c3nc(-c4ccccc4)cc(-c4ccc(-c5nc6ccccc6c6c5ccc5ccccc56)cc4)n3)c2)cc1. The highest BCUT2D eigenvalue weighted by molar-refractivity contribution is 6.22. The van der Waals surface area contributed by atoms with Gasteiger partial charge in [-0.05, 0) is 40.1 Å². The summed E-state index contributed by atoms with van der Waals surface area (Å²) in [5, 5.41) is 6.02. The van der Waals surface area contributed by atoms with Crippen molar-refractivity contribution >= 4 is 32.4 Å². The Morgan fingerprint density at radius 1 is 0.312 bits per heavy atom. The number of fused-ring (bicyclic) bond motifs is 5. The van der Waals surface area contributed by atoms with Crippen LogP contribution in [-0.2, 0) is 0 Å². The van der Waals surface area contributed by atoms with Gasteiger partial charge < -0.3 is 0 Å². The Balaban J connectivity index is 1.18. The highest BCUT2D eigenvalue weighted by atomic mass is 14.9. The zero-order valence-corrected chi connectivity index (χ0v) is 26.1. The number of benzene rings is 7. The predicted octanol–water partition coefficient (Wildman–Crippen LogP) is 11.7. The molecule has 2 aromatic heterocycles. The summed E-state index contributed by atoms with van der Waals surface area (Å²) in [5.41, 5.74) is 10.2. The Morgan fingerprint density at radius 3 is 1.67 bits per heavy atom. The van der Waals surface area contributed by atoms with Crippen molar-refractivity contribution in [2.75, 3.05) is 0 Å². The number of pyridine rings is 1. The summed E-state index contributed by atoms with van der Waals surface area (Å²) in [7, 11) is 0. The lowest BCUT2D eigenvalue weighted by atomic mass is 9.95. The van der Waals surface area contributed by atoms with Gasteiger partial charge in [0.05, 0.1) is 22.6 Å². The van der Waals surface area contributed by atoms with Crippen LogP contribution in [0.3, 0.4) is 0 Å². The van der Waals surface area contributed by atoms with Crippen molar-refractivity contribution in [3.05, 3.63) is 176 Å². The molecule has 0 aliphatic heterocycles. The Labute approximate surface area is 278 Å². The van der Waals surface area contributed by atoms with E-state index in [9.17, 15) is 0 Å². The van der Waals surface area contributed by atoms with Gasteiger partial charge in [0, 0.05) is 38.4 Å². The van der Waals surface area contributed by atoms with Crippen LogP contribution in [0.2, 0.25) is 0 Å². The number of para-hydroxylation sites is 1. The minimum atomic E-state index is 0.697. The summed E-state index contributed by atoms with van der Waals surface area (Å²) >= 11 is 0. The molecule has 0 saturated heterocycles. The lowest BCUT2D eigenvalue weighted by molar-refractivity contribution is 1.18. The monoisotopic (exact) mass is 611 g/mol. The quantitative estimate of drug-likeness (QED) is 0.182. The molecule has 9 aromatic rings. The largest absolute Gasteiger partial charge is 0.247 e. The van der Waals surface area contributed by atoms with Crippen LogP contribution in [0.25, 0.3) is 88.7 Å². The summed E-state index contributed by atoms with van der Waals surface area (Å²) in [6.07, 6.45) is 0. The topological polar surface area (TPSA) is 38.7 Å². The van der Waals surface area contributed by atoms with E-state index in [2.05, 4.69) is 152 Å². The van der Waals surface area contributed by atoms with Gasteiger partial charge in [-0.3, -0.25) is 0 Å². The molecule has 0 saturated carbocycles. The third-order valence-corrected chi connectivity index (χ3v) is 9.07. The van der Waals surface area contributed by atoms with Crippen LogP contribution in [0.4, 0.5) is 0 Å². The molecule has 0 amide bonds. The van der Waals surface area contributed by atoms with Gasteiger partial charge in [-0.1, -0.05) is 158 Å². The highest BCUT2D eigenvalue weighted by Gasteiger charge is 2.15. The summed E-state index contributed by atoms with van der Waals surface area (Å²) in [6.45, 7) is 0. The van der Waals surface area contributed by atoms with Gasteiger partial charge in [-0.25, -0.2) is 15.0 Å². The third-order valence-electron chi connectivity index (χ3n) is 9.07. The fourth-order valence-electron chi connectivity index (χ4n) is 6.69. The van der Waals surface area contributed by atoms with Crippen LogP contribution in [0, 0.1) is 0 Å². The molecule has 0 spiro atoms. The molecule has 0 unspecified atom stereocenters. The van der Waals surface area contributed by atoms with E-state index < -0.39 is 0 Å². The first-order valence-corrected chi connectivity index (χ1v) is 16.2. The predicted molar refractivity (Wildman–Crippen MR) is 200 cm³/mol. The van der Waals surface area contributed by atoms with Gasteiger partial charge in [0.15, 0.2) is 5.82 Å². The third kappa shape index (κ3) is 4.99. The Hall–Kier alpha value is -6.45. The summed E-state index contributed by atoms with van der Waals surface area (Å²) in [6, 6.07) is 61.4. The number of hydrogen-bond acceptors (Lipinski definition) is 3. The van der Waals surface area contributed by atoms with Crippen LogP contribution in [0.5, 0.6) is 0 Å². The van der Waals surface area contributed by atoms with Crippen LogP contribution in [-0.4, -0.2) is 15.0 Å². The standard InChI is InChI=1S/C45H29N3/c1-3-12-30(13-4-1)35-17-11-18-36(28-35)45-47-41(32-15-5-2-6-16-32)29-42(48-45)33-22-24-34(25-23-33)44-39-27-26-31-14-7-8-19-37(31)43(39)38-20-9-10-21-40(38)46-44/h1-29H. The molecule has 0 aliphatic carbocycles. The molecule has 48 heavy (non-hydrogen) atoms. The van der Waals surface area contributed by atoms with Crippen LogP contribution in [0.1, 0.15) is 0 Å². The molecule has 2 heterocycles. The van der Waals surface area contributed by atoms with Crippen molar-refractivity contribution in [1.82, 2.24) is 15.0 Å². The zero-order valence-electron chi connectivity index (χ0n) is 26.1. The molecule has 0 aliphatic rings. The zero-order chi connectivity index (χ0) is 31.9. The average Bonchev–Trinajstić information content (AvgIpc) is 3.18. The van der Waals surface area contributed by atoms with E-state index in [0.29, 0.717) is 5.82 Å². The van der Waals surface area contributed by atoms with Crippen molar-refractivity contribution in [3.63, 3.8) is 0 Å². The molecule has 0 N–H and O–H groups in total. The number of rotatable bonds is 5. The molecular weight excluding hydrogens is 583 g/mol. The first-order valence-electron chi connectivity index (χ1n) is 16.2. The molecular formula is C45H29N3. The van der Waals surface area contributed by atoms with Crippen LogP contribution in [0.15, 0.2) is 176 Å². The maximum absolute atomic E-state index is 5.20. The van der Waals surface area contributed by atoms with E-state index in [1.54, 1.807) is 0 Å². The van der Waals surface area contributed by atoms with Gasteiger partial charge >= 0.3 is 0 Å². The van der Waals surface area contributed by atoms with Gasteiger partial charge in [0.2, 0.25) is 0 Å². The van der Waals surface area contributed by atoms with E-state index in [-0.39, 0.29) is 0 Å². The van der Waals surface area contributed by atoms with Crippen molar-refractivity contribution in [2.45, 2.75) is 0 Å². The molecule has 224 valence electrons. The van der Waals surface area contributed by atoms with Gasteiger partial charge in [-0.2, -0.15) is 0 Å². The van der Waals surface area contributed by atoms with Crippen molar-refractivity contribution < 1.29 is 0 Å². The van der Waals surface area contributed by atoms with Gasteiger partial charge in [0.1, 0.15) is 0 Å². The summed E-state index contributed by atoms with van der Waals surface area (Å²) in [4.78, 5) is 15.4. The summed E-state index contributed by atoms with van der Waals surface area (Å²) in [5.74, 6) is 0.697. The minimum absolute atomic E-state index is 0.697. The maximum atomic E-state index is 5.20. The molecule has 3 nitrogen and oxygen atoms in total.